The minimum Gasteiger partial charge on any atom is -0.343 e. The lowest BCUT2D eigenvalue weighted by atomic mass is 9.88. The van der Waals surface area contributed by atoms with Gasteiger partial charge in [0.15, 0.2) is 0 Å². The first kappa shape index (κ1) is 12.1. The first-order chi connectivity index (χ1) is 9.11. The summed E-state index contributed by atoms with van der Waals surface area (Å²) in [6.07, 6.45) is 1.77. The zero-order valence-corrected chi connectivity index (χ0v) is 11.2. The maximum atomic E-state index is 12.4. The fourth-order valence-corrected chi connectivity index (χ4v) is 2.64. The lowest BCUT2D eigenvalue weighted by molar-refractivity contribution is -0.139. The number of nitrogens with zero attached hydrogens (tertiary/aromatic N) is 2. The van der Waals surface area contributed by atoms with Crippen LogP contribution in [0.25, 0.3) is 10.9 Å². The van der Waals surface area contributed by atoms with E-state index in [1.54, 1.807) is 11.1 Å². The minimum atomic E-state index is -0.654. The molecule has 0 bridgehead atoms. The molecule has 0 radical (unpaired) electrons. The van der Waals surface area contributed by atoms with Crippen LogP contribution in [0.4, 0.5) is 0 Å². The number of pyridine rings is 1. The van der Waals surface area contributed by atoms with Crippen LogP contribution in [0, 0.1) is 0 Å². The number of fused-ring (bicyclic) bond motifs is 1. The summed E-state index contributed by atoms with van der Waals surface area (Å²) < 4.78 is 0. The standard InChI is InChI=1S/C15H17N3O/c1-15(14(19)18(2)9-8-17-15)12-6-5-11-4-3-7-16-13(11)10-12/h3-7,10,17H,8-9H2,1-2H3. The molecular formula is C15H17N3O. The highest BCUT2D eigenvalue weighted by molar-refractivity contribution is 5.89. The van der Waals surface area contributed by atoms with E-state index in [1.807, 2.05) is 44.3 Å². The van der Waals surface area contributed by atoms with Crippen molar-refractivity contribution in [3.8, 4) is 0 Å². The number of piperazine rings is 1. The molecule has 1 N–H and O–H groups in total. The number of rotatable bonds is 1. The molecule has 1 aliphatic heterocycles. The zero-order chi connectivity index (χ0) is 13.5. The Balaban J connectivity index is 2.10. The van der Waals surface area contributed by atoms with Crippen LogP contribution in [-0.2, 0) is 10.3 Å². The van der Waals surface area contributed by atoms with Gasteiger partial charge in [0.25, 0.3) is 0 Å². The number of carbonyl (C=O) groups excluding carboxylic acids is 1. The van der Waals surface area contributed by atoms with Crippen LogP contribution >= 0.6 is 0 Å². The number of hydrogen-bond donors (Lipinski definition) is 1. The van der Waals surface area contributed by atoms with Crippen molar-refractivity contribution in [2.75, 3.05) is 20.1 Å². The molecule has 98 valence electrons. The molecular weight excluding hydrogens is 238 g/mol. The van der Waals surface area contributed by atoms with Crippen molar-refractivity contribution < 1.29 is 4.79 Å². The Morgan fingerprint density at radius 2 is 2.21 bits per heavy atom. The Kier molecular flexibility index (Phi) is 2.75. The van der Waals surface area contributed by atoms with E-state index in [-0.39, 0.29) is 5.91 Å². The lowest BCUT2D eigenvalue weighted by Gasteiger charge is -2.39. The predicted molar refractivity (Wildman–Crippen MR) is 74.7 cm³/mol. The molecule has 1 aromatic carbocycles. The van der Waals surface area contributed by atoms with E-state index in [0.717, 1.165) is 29.6 Å². The summed E-state index contributed by atoms with van der Waals surface area (Å²) in [6, 6.07) is 9.97. The van der Waals surface area contributed by atoms with Gasteiger partial charge in [-0.05, 0) is 24.6 Å². The van der Waals surface area contributed by atoms with Crippen LogP contribution < -0.4 is 5.32 Å². The van der Waals surface area contributed by atoms with Crippen LogP contribution in [0.2, 0.25) is 0 Å². The molecule has 0 aliphatic carbocycles. The molecule has 0 saturated carbocycles. The Hall–Kier alpha value is -1.94. The predicted octanol–water partition coefficient (Wildman–Crippen LogP) is 1.51. The van der Waals surface area contributed by atoms with Crippen LogP contribution in [0.3, 0.4) is 0 Å². The highest BCUT2D eigenvalue weighted by Gasteiger charge is 2.39. The smallest absolute Gasteiger partial charge is 0.246 e. The summed E-state index contributed by atoms with van der Waals surface area (Å²) in [5, 5.41) is 4.43. The van der Waals surface area contributed by atoms with Crippen molar-refractivity contribution >= 4 is 16.8 Å². The first-order valence-corrected chi connectivity index (χ1v) is 6.47. The normalized spacial score (nSPS) is 23.9. The number of benzene rings is 1. The molecule has 1 amide bonds. The summed E-state index contributed by atoms with van der Waals surface area (Å²) in [5.74, 6) is 0.106. The molecule has 1 aliphatic rings. The van der Waals surface area contributed by atoms with E-state index < -0.39 is 5.54 Å². The SMILES string of the molecule is CN1CCNC(C)(c2ccc3cccnc3c2)C1=O. The number of aromatic nitrogens is 1. The van der Waals surface area contributed by atoms with Crippen LogP contribution in [0.15, 0.2) is 36.5 Å². The van der Waals surface area contributed by atoms with Crippen LogP contribution in [-0.4, -0.2) is 35.9 Å². The Labute approximate surface area is 112 Å². The molecule has 1 atom stereocenters. The summed E-state index contributed by atoms with van der Waals surface area (Å²) >= 11 is 0. The van der Waals surface area contributed by atoms with Crippen molar-refractivity contribution in [1.29, 1.82) is 0 Å². The van der Waals surface area contributed by atoms with Gasteiger partial charge in [-0.25, -0.2) is 0 Å². The number of hydrogen-bond acceptors (Lipinski definition) is 3. The maximum Gasteiger partial charge on any atom is 0.246 e. The topological polar surface area (TPSA) is 45.2 Å². The van der Waals surface area contributed by atoms with Crippen molar-refractivity contribution in [2.45, 2.75) is 12.5 Å². The van der Waals surface area contributed by atoms with E-state index in [0.29, 0.717) is 0 Å². The third-order valence-electron chi connectivity index (χ3n) is 3.88. The van der Waals surface area contributed by atoms with Gasteiger partial charge in [-0.3, -0.25) is 15.1 Å². The van der Waals surface area contributed by atoms with Gasteiger partial charge in [-0.2, -0.15) is 0 Å². The van der Waals surface area contributed by atoms with Crippen LogP contribution in [0.5, 0.6) is 0 Å². The second-order valence-electron chi connectivity index (χ2n) is 5.19. The molecule has 1 saturated heterocycles. The third-order valence-corrected chi connectivity index (χ3v) is 3.88. The van der Waals surface area contributed by atoms with Gasteiger partial charge in [0.2, 0.25) is 5.91 Å². The highest BCUT2D eigenvalue weighted by atomic mass is 16.2. The molecule has 1 unspecified atom stereocenters. The summed E-state index contributed by atoms with van der Waals surface area (Å²) in [5.41, 5.74) is 1.23. The molecule has 1 aromatic heterocycles. The van der Waals surface area contributed by atoms with Crippen molar-refractivity contribution in [1.82, 2.24) is 15.2 Å². The van der Waals surface area contributed by atoms with Gasteiger partial charge in [-0.1, -0.05) is 18.2 Å². The second kappa shape index (κ2) is 4.31. The van der Waals surface area contributed by atoms with E-state index >= 15 is 0 Å². The largest absolute Gasteiger partial charge is 0.343 e. The summed E-state index contributed by atoms with van der Waals surface area (Å²) in [6.45, 7) is 3.49. The Bertz CT molecular complexity index is 640. The van der Waals surface area contributed by atoms with Gasteiger partial charge in [0.05, 0.1) is 5.52 Å². The minimum absolute atomic E-state index is 0.106. The summed E-state index contributed by atoms with van der Waals surface area (Å²) in [7, 11) is 1.85. The highest BCUT2D eigenvalue weighted by Crippen LogP contribution is 2.27. The van der Waals surface area contributed by atoms with E-state index in [2.05, 4.69) is 10.3 Å². The van der Waals surface area contributed by atoms with Crippen molar-refractivity contribution in [3.05, 3.63) is 42.1 Å². The van der Waals surface area contributed by atoms with Gasteiger partial charge >= 0.3 is 0 Å². The number of likely N-dealkylation sites (N-methyl/N-ethyl adjacent to an activating group) is 1. The van der Waals surface area contributed by atoms with Crippen molar-refractivity contribution in [2.24, 2.45) is 0 Å². The molecule has 4 nitrogen and oxygen atoms in total. The molecule has 2 aromatic rings. The maximum absolute atomic E-state index is 12.4. The first-order valence-electron chi connectivity index (χ1n) is 6.47. The number of amides is 1. The fraction of sp³-hybridized carbons (Fsp3) is 0.333. The molecule has 0 spiro atoms. The molecule has 1 fully saturated rings. The van der Waals surface area contributed by atoms with E-state index in [4.69, 9.17) is 0 Å². The monoisotopic (exact) mass is 255 g/mol. The average Bonchev–Trinajstić information content (AvgIpc) is 2.44. The average molecular weight is 255 g/mol. The van der Waals surface area contributed by atoms with Crippen molar-refractivity contribution in [3.63, 3.8) is 0 Å². The Morgan fingerprint density at radius 1 is 1.37 bits per heavy atom. The molecule has 2 heterocycles. The van der Waals surface area contributed by atoms with E-state index in [1.165, 1.54) is 0 Å². The van der Waals surface area contributed by atoms with Gasteiger partial charge in [0.1, 0.15) is 5.54 Å². The van der Waals surface area contributed by atoms with Gasteiger partial charge in [0, 0.05) is 31.7 Å². The van der Waals surface area contributed by atoms with E-state index in [9.17, 15) is 4.79 Å². The molecule has 19 heavy (non-hydrogen) atoms. The number of nitrogens with one attached hydrogen (secondary N) is 1. The van der Waals surface area contributed by atoms with Gasteiger partial charge in [-0.15, -0.1) is 0 Å². The summed E-state index contributed by atoms with van der Waals surface area (Å²) in [4.78, 5) is 18.6. The lowest BCUT2D eigenvalue weighted by Crippen LogP contribution is -2.59. The fourth-order valence-electron chi connectivity index (χ4n) is 2.64. The molecule has 4 heteroatoms. The second-order valence-corrected chi connectivity index (χ2v) is 5.19. The quantitative estimate of drug-likeness (QED) is 0.840. The van der Waals surface area contributed by atoms with Crippen LogP contribution in [0.1, 0.15) is 12.5 Å². The zero-order valence-electron chi connectivity index (χ0n) is 11.2. The Morgan fingerprint density at radius 3 is 3.05 bits per heavy atom. The molecule has 3 rings (SSSR count). The number of carbonyl (C=O) groups is 1. The third kappa shape index (κ3) is 1.88. The van der Waals surface area contributed by atoms with Gasteiger partial charge < -0.3 is 4.90 Å².